The second-order valence-corrected chi connectivity index (χ2v) is 3.37. The van der Waals surface area contributed by atoms with Crippen LogP contribution in [0.2, 0.25) is 5.15 Å². The lowest BCUT2D eigenvalue weighted by atomic mass is 10.3. The number of alkyl halides is 2. The molecule has 0 aliphatic carbocycles. The summed E-state index contributed by atoms with van der Waals surface area (Å²) in [5.41, 5.74) is -2.01. The van der Waals surface area contributed by atoms with E-state index in [9.17, 15) is 18.7 Å². The molecule has 0 fully saturated rings. The molecule has 2 heterocycles. The Hall–Kier alpha value is -1.69. The number of hydrogen-bond donors (Lipinski definition) is 1. The minimum absolute atomic E-state index is 0.151. The van der Waals surface area contributed by atoms with Crippen LogP contribution in [-0.4, -0.2) is 14.5 Å². The Labute approximate surface area is 92.7 Å². The molecule has 2 rings (SSSR count). The lowest BCUT2D eigenvalue weighted by Crippen LogP contribution is -2.20. The summed E-state index contributed by atoms with van der Waals surface area (Å²) in [6.07, 6.45) is -1.78. The van der Waals surface area contributed by atoms with E-state index in [1.165, 1.54) is 18.3 Å². The molecule has 0 atom stereocenters. The molecule has 0 saturated carbocycles. The standard InChI is InChI=1S/C9H5ClF2N2O2/c10-6-5(7(11)12)9(16)14-3-1-2-4(15)8(14)13-6/h1-3,7,15H. The molecule has 0 saturated heterocycles. The number of fused-ring (bicyclic) bond motifs is 1. The van der Waals surface area contributed by atoms with E-state index in [-0.39, 0.29) is 11.4 Å². The molecule has 4 nitrogen and oxygen atoms in total. The number of halogens is 3. The normalized spacial score (nSPS) is 11.2. The van der Waals surface area contributed by atoms with Crippen LogP contribution in [0.3, 0.4) is 0 Å². The molecule has 0 bridgehead atoms. The van der Waals surface area contributed by atoms with Gasteiger partial charge in [-0.05, 0) is 12.1 Å². The van der Waals surface area contributed by atoms with Crippen molar-refractivity contribution in [3.05, 3.63) is 39.4 Å². The zero-order valence-corrected chi connectivity index (χ0v) is 8.45. The van der Waals surface area contributed by atoms with Crippen LogP contribution >= 0.6 is 11.6 Å². The summed E-state index contributed by atoms with van der Waals surface area (Å²) in [4.78, 5) is 15.1. The highest BCUT2D eigenvalue weighted by Crippen LogP contribution is 2.24. The first-order valence-electron chi connectivity index (χ1n) is 4.20. The highest BCUT2D eigenvalue weighted by Gasteiger charge is 2.20. The van der Waals surface area contributed by atoms with Crippen molar-refractivity contribution in [1.29, 1.82) is 0 Å². The highest BCUT2D eigenvalue weighted by molar-refractivity contribution is 6.30. The number of nitrogens with zero attached hydrogens (tertiary/aromatic N) is 2. The zero-order chi connectivity index (χ0) is 11.9. The minimum atomic E-state index is -3.01. The van der Waals surface area contributed by atoms with Gasteiger partial charge in [0.1, 0.15) is 10.7 Å². The van der Waals surface area contributed by atoms with Gasteiger partial charge in [-0.1, -0.05) is 11.6 Å². The van der Waals surface area contributed by atoms with E-state index in [4.69, 9.17) is 11.6 Å². The molecule has 7 heteroatoms. The van der Waals surface area contributed by atoms with E-state index in [2.05, 4.69) is 4.98 Å². The number of hydrogen-bond acceptors (Lipinski definition) is 3. The van der Waals surface area contributed by atoms with Gasteiger partial charge in [-0.3, -0.25) is 9.20 Å². The Kier molecular flexibility index (Phi) is 2.51. The predicted molar refractivity (Wildman–Crippen MR) is 53.1 cm³/mol. The Morgan fingerprint density at radius 2 is 2.19 bits per heavy atom. The summed E-state index contributed by atoms with van der Waals surface area (Å²) in [5, 5.41) is 8.79. The second kappa shape index (κ2) is 3.71. The topological polar surface area (TPSA) is 54.6 Å². The van der Waals surface area contributed by atoms with Gasteiger partial charge < -0.3 is 5.11 Å². The van der Waals surface area contributed by atoms with Crippen LogP contribution < -0.4 is 5.56 Å². The van der Waals surface area contributed by atoms with E-state index in [1.54, 1.807) is 0 Å². The van der Waals surface area contributed by atoms with Crippen molar-refractivity contribution in [2.45, 2.75) is 6.43 Å². The van der Waals surface area contributed by atoms with Crippen LogP contribution in [-0.2, 0) is 0 Å². The summed E-state index contributed by atoms with van der Waals surface area (Å²) in [7, 11) is 0. The average molecular weight is 247 g/mol. The van der Waals surface area contributed by atoms with E-state index in [0.717, 1.165) is 4.40 Å². The number of rotatable bonds is 1. The van der Waals surface area contributed by atoms with Crippen molar-refractivity contribution in [3.63, 3.8) is 0 Å². The lowest BCUT2D eigenvalue weighted by Gasteiger charge is -2.06. The van der Waals surface area contributed by atoms with Crippen LogP contribution in [0.1, 0.15) is 12.0 Å². The summed E-state index contributed by atoms with van der Waals surface area (Å²) < 4.78 is 25.9. The highest BCUT2D eigenvalue weighted by atomic mass is 35.5. The molecule has 0 aliphatic rings. The van der Waals surface area contributed by atoms with Crippen molar-refractivity contribution in [2.75, 3.05) is 0 Å². The monoisotopic (exact) mass is 246 g/mol. The quantitative estimate of drug-likeness (QED) is 0.783. The average Bonchev–Trinajstić information content (AvgIpc) is 2.19. The van der Waals surface area contributed by atoms with E-state index in [0.29, 0.717) is 0 Å². The summed E-state index contributed by atoms with van der Waals surface area (Å²) >= 11 is 5.46. The fraction of sp³-hybridized carbons (Fsp3) is 0.111. The molecule has 0 aromatic carbocycles. The fourth-order valence-electron chi connectivity index (χ4n) is 1.32. The van der Waals surface area contributed by atoms with Crippen molar-refractivity contribution in [2.24, 2.45) is 0 Å². The van der Waals surface area contributed by atoms with Crippen molar-refractivity contribution in [3.8, 4) is 5.75 Å². The summed E-state index contributed by atoms with van der Waals surface area (Å²) in [6.45, 7) is 0. The molecular formula is C9H5ClF2N2O2. The predicted octanol–water partition coefficient (Wildman–Crippen LogP) is 1.99. The van der Waals surface area contributed by atoms with Gasteiger partial charge in [0.05, 0.1) is 0 Å². The third-order valence-electron chi connectivity index (χ3n) is 2.04. The molecule has 84 valence electrons. The lowest BCUT2D eigenvalue weighted by molar-refractivity contribution is 0.149. The number of pyridine rings is 1. The molecule has 0 amide bonds. The maximum atomic E-state index is 12.5. The maximum Gasteiger partial charge on any atom is 0.272 e. The molecular weight excluding hydrogens is 242 g/mol. The molecule has 2 aromatic rings. The van der Waals surface area contributed by atoms with Gasteiger partial charge in [0.2, 0.25) is 0 Å². The first-order valence-corrected chi connectivity index (χ1v) is 4.58. The van der Waals surface area contributed by atoms with E-state index in [1.807, 2.05) is 0 Å². The molecule has 0 radical (unpaired) electrons. The second-order valence-electron chi connectivity index (χ2n) is 3.01. The van der Waals surface area contributed by atoms with Gasteiger partial charge in [-0.2, -0.15) is 0 Å². The molecule has 0 unspecified atom stereocenters. The maximum absolute atomic E-state index is 12.5. The van der Waals surface area contributed by atoms with E-state index < -0.39 is 22.7 Å². The van der Waals surface area contributed by atoms with Crippen LogP contribution in [0.5, 0.6) is 5.75 Å². The molecule has 0 aliphatic heterocycles. The molecule has 0 spiro atoms. The minimum Gasteiger partial charge on any atom is -0.504 e. The van der Waals surface area contributed by atoms with Crippen LogP contribution in [0.15, 0.2) is 23.1 Å². The number of aromatic hydroxyl groups is 1. The third-order valence-corrected chi connectivity index (χ3v) is 2.33. The fourth-order valence-corrected chi connectivity index (χ4v) is 1.56. The van der Waals surface area contributed by atoms with Gasteiger partial charge in [-0.15, -0.1) is 0 Å². The molecule has 16 heavy (non-hydrogen) atoms. The summed E-state index contributed by atoms with van der Waals surface area (Å²) in [6, 6.07) is 2.62. The Morgan fingerprint density at radius 3 is 2.81 bits per heavy atom. The first-order chi connectivity index (χ1) is 7.52. The Bertz CT molecular complexity index is 612. The first kappa shape index (κ1) is 10.8. The molecule has 2 aromatic heterocycles. The SMILES string of the molecule is O=c1c(C(F)F)c(Cl)nc2c(O)cccn12. The molecule has 1 N–H and O–H groups in total. The van der Waals surface area contributed by atoms with Gasteiger partial charge in [-0.25, -0.2) is 13.8 Å². The summed E-state index contributed by atoms with van der Waals surface area (Å²) in [5.74, 6) is -0.303. The smallest absolute Gasteiger partial charge is 0.272 e. The van der Waals surface area contributed by atoms with Gasteiger partial charge in [0.15, 0.2) is 11.4 Å². The van der Waals surface area contributed by atoms with Crippen LogP contribution in [0.25, 0.3) is 5.65 Å². The number of aromatic nitrogens is 2. The van der Waals surface area contributed by atoms with Gasteiger partial charge in [0.25, 0.3) is 12.0 Å². The van der Waals surface area contributed by atoms with Crippen LogP contribution in [0, 0.1) is 0 Å². The van der Waals surface area contributed by atoms with Crippen molar-refractivity contribution >= 4 is 17.2 Å². The largest absolute Gasteiger partial charge is 0.504 e. The van der Waals surface area contributed by atoms with Crippen molar-refractivity contribution < 1.29 is 13.9 Å². The van der Waals surface area contributed by atoms with Gasteiger partial charge >= 0.3 is 0 Å². The van der Waals surface area contributed by atoms with Crippen molar-refractivity contribution in [1.82, 2.24) is 9.38 Å². The van der Waals surface area contributed by atoms with E-state index >= 15 is 0 Å². The van der Waals surface area contributed by atoms with Gasteiger partial charge in [0, 0.05) is 6.20 Å². The third kappa shape index (κ3) is 1.51. The van der Waals surface area contributed by atoms with Crippen LogP contribution in [0.4, 0.5) is 8.78 Å². The zero-order valence-electron chi connectivity index (χ0n) is 7.69. The Morgan fingerprint density at radius 1 is 1.50 bits per heavy atom. The Balaban J connectivity index is 2.95.